The van der Waals surface area contributed by atoms with E-state index in [2.05, 4.69) is 4.90 Å². The van der Waals surface area contributed by atoms with Crippen LogP contribution in [0.25, 0.3) is 0 Å². The van der Waals surface area contributed by atoms with Crippen molar-refractivity contribution in [3.8, 4) is 11.5 Å². The fourth-order valence-electron chi connectivity index (χ4n) is 2.68. The van der Waals surface area contributed by atoms with Gasteiger partial charge in [0.05, 0.1) is 12.7 Å². The third-order valence-corrected chi connectivity index (χ3v) is 3.71. The van der Waals surface area contributed by atoms with Crippen molar-refractivity contribution >= 4 is 0 Å². The van der Waals surface area contributed by atoms with Crippen LogP contribution < -0.4 is 4.74 Å². The molecule has 1 N–H and O–H groups in total. The lowest BCUT2D eigenvalue weighted by Crippen LogP contribution is -2.36. The van der Waals surface area contributed by atoms with Gasteiger partial charge in [-0.05, 0) is 32.8 Å². The number of hydrogen-bond acceptors (Lipinski definition) is 4. The molecule has 0 aliphatic carbocycles. The van der Waals surface area contributed by atoms with Gasteiger partial charge in [0.2, 0.25) is 0 Å². The van der Waals surface area contributed by atoms with Crippen LogP contribution in [0.4, 0.5) is 0 Å². The molecule has 1 aromatic carbocycles. The average Bonchev–Trinajstić information content (AvgIpc) is 2.46. The third-order valence-electron chi connectivity index (χ3n) is 3.71. The molecule has 0 unspecified atom stereocenters. The second-order valence-corrected chi connectivity index (χ2v) is 5.13. The molecule has 1 aromatic rings. The summed E-state index contributed by atoms with van der Waals surface area (Å²) in [4.78, 5) is 2.36. The highest BCUT2D eigenvalue weighted by Crippen LogP contribution is 2.31. The van der Waals surface area contributed by atoms with Crippen molar-refractivity contribution in [1.82, 2.24) is 4.90 Å². The van der Waals surface area contributed by atoms with Crippen molar-refractivity contribution < 1.29 is 14.6 Å². The Kier molecular flexibility index (Phi) is 5.68. The summed E-state index contributed by atoms with van der Waals surface area (Å²) in [6, 6.07) is 5.71. The van der Waals surface area contributed by atoms with Gasteiger partial charge in [0.15, 0.2) is 11.5 Å². The van der Waals surface area contributed by atoms with E-state index in [-0.39, 0.29) is 5.75 Å². The minimum absolute atomic E-state index is 0.279. The van der Waals surface area contributed by atoms with Gasteiger partial charge in [-0.3, -0.25) is 4.90 Å². The predicted molar refractivity (Wildman–Crippen MR) is 79.2 cm³/mol. The molecule has 2 rings (SSSR count). The molecule has 1 heterocycles. The highest BCUT2D eigenvalue weighted by molar-refractivity contribution is 5.45. The first-order chi connectivity index (χ1) is 9.74. The Labute approximate surface area is 121 Å². The van der Waals surface area contributed by atoms with E-state index in [0.717, 1.165) is 44.6 Å². The van der Waals surface area contributed by atoms with Gasteiger partial charge in [0.25, 0.3) is 0 Å². The molecule has 0 bridgehead atoms. The van der Waals surface area contributed by atoms with Gasteiger partial charge in [0, 0.05) is 31.8 Å². The summed E-state index contributed by atoms with van der Waals surface area (Å²) in [7, 11) is 0. The first-order valence-corrected chi connectivity index (χ1v) is 7.52. The smallest absolute Gasteiger partial charge is 0.162 e. The first-order valence-electron chi connectivity index (χ1n) is 7.52. The molecular formula is C16H25NO3. The predicted octanol–water partition coefficient (Wildman–Crippen LogP) is 2.79. The molecule has 0 atom stereocenters. The van der Waals surface area contributed by atoms with Crippen LogP contribution in [0.2, 0.25) is 0 Å². The van der Waals surface area contributed by atoms with Crippen molar-refractivity contribution in [1.29, 1.82) is 0 Å². The van der Waals surface area contributed by atoms with Gasteiger partial charge >= 0.3 is 0 Å². The highest BCUT2D eigenvalue weighted by atomic mass is 16.5. The Balaban J connectivity index is 1.92. The number of nitrogens with zero attached hydrogens (tertiary/aromatic N) is 1. The number of para-hydroxylation sites is 1. The zero-order valence-corrected chi connectivity index (χ0v) is 12.5. The van der Waals surface area contributed by atoms with Crippen molar-refractivity contribution in [2.24, 2.45) is 0 Å². The number of piperidine rings is 1. The third kappa shape index (κ3) is 3.87. The minimum Gasteiger partial charge on any atom is -0.504 e. The van der Waals surface area contributed by atoms with Crippen molar-refractivity contribution in [3.05, 3.63) is 23.8 Å². The number of benzene rings is 1. The summed E-state index contributed by atoms with van der Waals surface area (Å²) in [6.07, 6.45) is 2.54. The SMILES string of the molecule is CCOc1cccc(CN2CCC(OCC)CC2)c1O. The van der Waals surface area contributed by atoms with Gasteiger partial charge in [-0.15, -0.1) is 0 Å². The van der Waals surface area contributed by atoms with Gasteiger partial charge in [-0.2, -0.15) is 0 Å². The second kappa shape index (κ2) is 7.50. The van der Waals surface area contributed by atoms with E-state index in [4.69, 9.17) is 9.47 Å². The molecule has 1 fully saturated rings. The largest absolute Gasteiger partial charge is 0.504 e. The van der Waals surface area contributed by atoms with E-state index in [1.807, 2.05) is 32.0 Å². The van der Waals surface area contributed by atoms with Crippen LogP contribution in [0.5, 0.6) is 11.5 Å². The molecule has 1 saturated heterocycles. The number of phenolic OH excluding ortho intramolecular Hbond substituents is 1. The number of likely N-dealkylation sites (tertiary alicyclic amines) is 1. The zero-order chi connectivity index (χ0) is 14.4. The summed E-state index contributed by atoms with van der Waals surface area (Å²) >= 11 is 0. The number of phenols is 1. The quantitative estimate of drug-likeness (QED) is 0.869. The normalized spacial score (nSPS) is 17.3. The molecule has 0 radical (unpaired) electrons. The standard InChI is InChI=1S/C16H25NO3/c1-3-19-14-8-10-17(11-9-14)12-13-6-5-7-15(16(13)18)20-4-2/h5-7,14,18H,3-4,8-12H2,1-2H3. The van der Waals surface area contributed by atoms with Crippen LogP contribution in [-0.4, -0.2) is 42.4 Å². The van der Waals surface area contributed by atoms with E-state index in [0.29, 0.717) is 18.5 Å². The van der Waals surface area contributed by atoms with Crippen molar-refractivity contribution in [2.75, 3.05) is 26.3 Å². The summed E-state index contributed by atoms with van der Waals surface area (Å²) in [5.41, 5.74) is 0.936. The highest BCUT2D eigenvalue weighted by Gasteiger charge is 2.20. The van der Waals surface area contributed by atoms with Crippen LogP contribution in [0.3, 0.4) is 0 Å². The Morgan fingerprint density at radius 1 is 1.20 bits per heavy atom. The van der Waals surface area contributed by atoms with Crippen LogP contribution in [0.1, 0.15) is 32.3 Å². The Morgan fingerprint density at radius 2 is 1.95 bits per heavy atom. The molecule has 20 heavy (non-hydrogen) atoms. The fraction of sp³-hybridized carbons (Fsp3) is 0.625. The first kappa shape index (κ1) is 15.1. The Hall–Kier alpha value is -1.26. The average molecular weight is 279 g/mol. The molecule has 0 aromatic heterocycles. The van der Waals surface area contributed by atoms with Crippen LogP contribution in [-0.2, 0) is 11.3 Å². The lowest BCUT2D eigenvalue weighted by molar-refractivity contribution is 0.0124. The maximum Gasteiger partial charge on any atom is 0.162 e. The summed E-state index contributed by atoms with van der Waals surface area (Å²) in [5, 5.41) is 10.2. The number of rotatable bonds is 6. The van der Waals surface area contributed by atoms with Crippen LogP contribution >= 0.6 is 0 Å². The second-order valence-electron chi connectivity index (χ2n) is 5.13. The topological polar surface area (TPSA) is 41.9 Å². The minimum atomic E-state index is 0.279. The van der Waals surface area contributed by atoms with E-state index in [9.17, 15) is 5.11 Å². The molecule has 4 heteroatoms. The molecule has 1 aliphatic rings. The molecule has 1 aliphatic heterocycles. The van der Waals surface area contributed by atoms with Gasteiger partial charge in [0.1, 0.15) is 0 Å². The van der Waals surface area contributed by atoms with Crippen LogP contribution in [0, 0.1) is 0 Å². The van der Waals surface area contributed by atoms with E-state index >= 15 is 0 Å². The lowest BCUT2D eigenvalue weighted by atomic mass is 10.1. The van der Waals surface area contributed by atoms with E-state index < -0.39 is 0 Å². The molecular weight excluding hydrogens is 254 g/mol. The van der Waals surface area contributed by atoms with Crippen molar-refractivity contribution in [3.63, 3.8) is 0 Å². The molecule has 4 nitrogen and oxygen atoms in total. The Morgan fingerprint density at radius 3 is 2.60 bits per heavy atom. The van der Waals surface area contributed by atoms with E-state index in [1.54, 1.807) is 0 Å². The molecule has 0 spiro atoms. The molecule has 0 saturated carbocycles. The van der Waals surface area contributed by atoms with Crippen molar-refractivity contribution in [2.45, 2.75) is 39.3 Å². The van der Waals surface area contributed by atoms with Crippen LogP contribution in [0.15, 0.2) is 18.2 Å². The summed E-state index contributed by atoms with van der Waals surface area (Å²) in [6.45, 7) is 8.13. The monoisotopic (exact) mass is 279 g/mol. The maximum atomic E-state index is 10.2. The molecule has 0 amide bonds. The van der Waals surface area contributed by atoms with E-state index in [1.165, 1.54) is 0 Å². The number of aromatic hydroxyl groups is 1. The maximum absolute atomic E-state index is 10.2. The van der Waals surface area contributed by atoms with Gasteiger partial charge < -0.3 is 14.6 Å². The molecule has 112 valence electrons. The number of hydrogen-bond donors (Lipinski definition) is 1. The fourth-order valence-corrected chi connectivity index (χ4v) is 2.68. The summed E-state index contributed by atoms with van der Waals surface area (Å²) < 4.78 is 11.1. The van der Waals surface area contributed by atoms with Gasteiger partial charge in [-0.1, -0.05) is 12.1 Å². The zero-order valence-electron chi connectivity index (χ0n) is 12.5. The summed E-state index contributed by atoms with van der Waals surface area (Å²) in [5.74, 6) is 0.857. The number of ether oxygens (including phenoxy) is 2. The lowest BCUT2D eigenvalue weighted by Gasteiger charge is -2.31. The van der Waals surface area contributed by atoms with Gasteiger partial charge in [-0.25, -0.2) is 0 Å². The Bertz CT molecular complexity index is 414.